The van der Waals surface area contributed by atoms with Gasteiger partial charge in [0.15, 0.2) is 0 Å². The molecule has 0 spiro atoms. The Kier molecular flexibility index (Phi) is 4.02. The maximum absolute atomic E-state index is 13.7. The zero-order valence-electron chi connectivity index (χ0n) is 10.5. The molecule has 1 atom stereocenters. The number of benzene rings is 2. The summed E-state index contributed by atoms with van der Waals surface area (Å²) in [6.07, 6.45) is 0.104. The van der Waals surface area contributed by atoms with E-state index >= 15 is 0 Å². The van der Waals surface area contributed by atoms with Crippen molar-refractivity contribution in [2.24, 2.45) is 5.73 Å². The Morgan fingerprint density at radius 1 is 1.05 bits per heavy atom. The van der Waals surface area contributed by atoms with Crippen molar-refractivity contribution in [2.45, 2.75) is 18.9 Å². The number of hydrogen-bond acceptors (Lipinski definition) is 1. The lowest BCUT2D eigenvalue weighted by atomic mass is 9.86. The van der Waals surface area contributed by atoms with Gasteiger partial charge in [0.2, 0.25) is 0 Å². The third-order valence-corrected chi connectivity index (χ3v) is 3.64. The zero-order valence-corrected chi connectivity index (χ0v) is 12.0. The quantitative estimate of drug-likeness (QED) is 0.901. The molecule has 2 aromatic carbocycles. The third-order valence-electron chi connectivity index (χ3n) is 3.11. The molecule has 0 amide bonds. The van der Waals surface area contributed by atoms with Gasteiger partial charge in [-0.05, 0) is 36.8 Å². The molecule has 100 valence electrons. The highest BCUT2D eigenvalue weighted by Gasteiger charge is 2.25. The molecule has 0 aliphatic heterocycles. The lowest BCUT2D eigenvalue weighted by Crippen LogP contribution is -2.36. The molecule has 1 unspecified atom stereocenters. The van der Waals surface area contributed by atoms with Gasteiger partial charge in [-0.15, -0.1) is 0 Å². The van der Waals surface area contributed by atoms with E-state index in [0.717, 1.165) is 10.0 Å². The van der Waals surface area contributed by atoms with Gasteiger partial charge in [0.05, 0.1) is 0 Å². The standard InChI is InChI=1S/C15H14BrF2N/c1-15(19,10-5-7-11(16)8-6-10)9-12-13(17)3-2-4-14(12)18/h2-8H,9,19H2,1H3. The van der Waals surface area contributed by atoms with Crippen LogP contribution in [0, 0.1) is 11.6 Å². The maximum atomic E-state index is 13.7. The molecule has 2 rings (SSSR count). The number of halogens is 3. The van der Waals surface area contributed by atoms with Crippen LogP contribution < -0.4 is 5.73 Å². The number of nitrogens with two attached hydrogens (primary N) is 1. The van der Waals surface area contributed by atoms with Crippen molar-refractivity contribution in [3.8, 4) is 0 Å². The second-order valence-electron chi connectivity index (χ2n) is 4.80. The summed E-state index contributed by atoms with van der Waals surface area (Å²) in [4.78, 5) is 0. The molecule has 0 saturated carbocycles. The van der Waals surface area contributed by atoms with E-state index in [-0.39, 0.29) is 12.0 Å². The van der Waals surface area contributed by atoms with Crippen molar-refractivity contribution >= 4 is 15.9 Å². The van der Waals surface area contributed by atoms with E-state index in [2.05, 4.69) is 15.9 Å². The summed E-state index contributed by atoms with van der Waals surface area (Å²) in [5.41, 5.74) is 6.24. The molecule has 0 aliphatic carbocycles. The average Bonchev–Trinajstić information content (AvgIpc) is 2.35. The van der Waals surface area contributed by atoms with E-state index in [0.29, 0.717) is 0 Å². The highest BCUT2D eigenvalue weighted by Crippen LogP contribution is 2.26. The highest BCUT2D eigenvalue weighted by atomic mass is 79.9. The van der Waals surface area contributed by atoms with Crippen LogP contribution in [0.15, 0.2) is 46.9 Å². The molecule has 2 N–H and O–H groups in total. The molecule has 1 nitrogen and oxygen atoms in total. The van der Waals surface area contributed by atoms with Crippen LogP contribution in [0.3, 0.4) is 0 Å². The predicted molar refractivity (Wildman–Crippen MR) is 75.7 cm³/mol. The first-order valence-electron chi connectivity index (χ1n) is 5.88. The monoisotopic (exact) mass is 325 g/mol. The summed E-state index contributed by atoms with van der Waals surface area (Å²) in [5, 5.41) is 0. The van der Waals surface area contributed by atoms with Crippen LogP contribution in [0.5, 0.6) is 0 Å². The van der Waals surface area contributed by atoms with Crippen LogP contribution >= 0.6 is 15.9 Å². The van der Waals surface area contributed by atoms with E-state index in [9.17, 15) is 8.78 Å². The molecule has 0 aromatic heterocycles. The molecular weight excluding hydrogens is 312 g/mol. The summed E-state index contributed by atoms with van der Waals surface area (Å²) in [6.45, 7) is 1.77. The lowest BCUT2D eigenvalue weighted by molar-refractivity contribution is 0.455. The van der Waals surface area contributed by atoms with Crippen molar-refractivity contribution in [3.05, 3.63) is 69.7 Å². The smallest absolute Gasteiger partial charge is 0.129 e. The predicted octanol–water partition coefficient (Wildman–Crippen LogP) is 4.14. The van der Waals surface area contributed by atoms with Crippen molar-refractivity contribution in [3.63, 3.8) is 0 Å². The molecule has 4 heteroatoms. The van der Waals surface area contributed by atoms with Crippen LogP contribution in [-0.2, 0) is 12.0 Å². The second-order valence-corrected chi connectivity index (χ2v) is 5.72. The van der Waals surface area contributed by atoms with Gasteiger partial charge in [0, 0.05) is 22.0 Å². The van der Waals surface area contributed by atoms with Crippen LogP contribution in [0.25, 0.3) is 0 Å². The first kappa shape index (κ1) is 14.2. The number of rotatable bonds is 3. The van der Waals surface area contributed by atoms with Gasteiger partial charge in [0.25, 0.3) is 0 Å². The lowest BCUT2D eigenvalue weighted by Gasteiger charge is -2.26. The van der Waals surface area contributed by atoms with E-state index in [1.54, 1.807) is 6.92 Å². The van der Waals surface area contributed by atoms with Gasteiger partial charge >= 0.3 is 0 Å². The molecular formula is C15H14BrF2N. The Labute approximate surface area is 119 Å². The van der Waals surface area contributed by atoms with Crippen molar-refractivity contribution in [2.75, 3.05) is 0 Å². The molecule has 2 aromatic rings. The van der Waals surface area contributed by atoms with Crippen molar-refractivity contribution in [1.29, 1.82) is 0 Å². The Morgan fingerprint density at radius 2 is 1.58 bits per heavy atom. The van der Waals surface area contributed by atoms with Crippen LogP contribution in [-0.4, -0.2) is 0 Å². The molecule has 0 bridgehead atoms. The van der Waals surface area contributed by atoms with Crippen molar-refractivity contribution < 1.29 is 8.78 Å². The van der Waals surface area contributed by atoms with Gasteiger partial charge in [-0.2, -0.15) is 0 Å². The Morgan fingerprint density at radius 3 is 2.11 bits per heavy atom. The summed E-state index contributed by atoms with van der Waals surface area (Å²) in [7, 11) is 0. The average molecular weight is 326 g/mol. The fourth-order valence-electron chi connectivity index (χ4n) is 2.00. The van der Waals surface area contributed by atoms with E-state index < -0.39 is 17.2 Å². The maximum Gasteiger partial charge on any atom is 0.129 e. The summed E-state index contributed by atoms with van der Waals surface area (Å²) < 4.78 is 28.2. The molecule has 0 fully saturated rings. The SMILES string of the molecule is CC(N)(Cc1c(F)cccc1F)c1ccc(Br)cc1. The van der Waals surface area contributed by atoms with E-state index in [1.807, 2.05) is 24.3 Å². The van der Waals surface area contributed by atoms with Gasteiger partial charge in [0.1, 0.15) is 11.6 Å². The first-order valence-corrected chi connectivity index (χ1v) is 6.67. The minimum absolute atomic E-state index is 0.0235. The van der Waals surface area contributed by atoms with E-state index in [1.165, 1.54) is 18.2 Å². The summed E-state index contributed by atoms with van der Waals surface area (Å²) >= 11 is 3.34. The van der Waals surface area contributed by atoms with Gasteiger partial charge < -0.3 is 5.73 Å². The first-order chi connectivity index (χ1) is 8.90. The zero-order chi connectivity index (χ0) is 14.0. The molecule has 0 heterocycles. The second kappa shape index (κ2) is 5.39. The minimum atomic E-state index is -0.830. The topological polar surface area (TPSA) is 26.0 Å². The molecule has 0 aliphatic rings. The van der Waals surface area contributed by atoms with Gasteiger partial charge in [-0.1, -0.05) is 34.1 Å². The summed E-state index contributed by atoms with van der Waals surface area (Å²) in [5.74, 6) is -1.12. The van der Waals surface area contributed by atoms with E-state index in [4.69, 9.17) is 5.73 Å². The largest absolute Gasteiger partial charge is 0.321 e. The van der Waals surface area contributed by atoms with Crippen LogP contribution in [0.4, 0.5) is 8.78 Å². The van der Waals surface area contributed by atoms with Gasteiger partial charge in [-0.25, -0.2) is 8.78 Å². The highest BCUT2D eigenvalue weighted by molar-refractivity contribution is 9.10. The fraction of sp³-hybridized carbons (Fsp3) is 0.200. The third kappa shape index (κ3) is 3.19. The molecule has 0 radical (unpaired) electrons. The molecule has 19 heavy (non-hydrogen) atoms. The van der Waals surface area contributed by atoms with Crippen molar-refractivity contribution in [1.82, 2.24) is 0 Å². The Bertz CT molecular complexity index is 559. The fourth-order valence-corrected chi connectivity index (χ4v) is 2.27. The Balaban J connectivity index is 2.33. The molecule has 0 saturated heterocycles. The Hall–Kier alpha value is -1.26. The number of hydrogen-bond donors (Lipinski definition) is 1. The normalized spacial score (nSPS) is 14.2. The van der Waals surface area contributed by atoms with Crippen LogP contribution in [0.2, 0.25) is 0 Å². The minimum Gasteiger partial charge on any atom is -0.321 e. The van der Waals surface area contributed by atoms with Crippen LogP contribution in [0.1, 0.15) is 18.1 Å². The summed E-state index contributed by atoms with van der Waals surface area (Å²) in [6, 6.07) is 11.3. The van der Waals surface area contributed by atoms with Gasteiger partial charge in [-0.3, -0.25) is 0 Å².